The third-order valence-electron chi connectivity index (χ3n) is 4.31. The lowest BCUT2D eigenvalue weighted by atomic mass is 9.88. The van der Waals surface area contributed by atoms with Gasteiger partial charge in [0.15, 0.2) is 0 Å². The highest BCUT2D eigenvalue weighted by atomic mass is 79.9. The van der Waals surface area contributed by atoms with Gasteiger partial charge in [-0.1, -0.05) is 0 Å². The number of hydrogen-bond donors (Lipinski definition) is 1. The fraction of sp³-hybridized carbons (Fsp3) is 0.643. The first-order valence-electron chi connectivity index (χ1n) is 7.01. The number of carbonyl (C=O) groups excluding carboxylic acids is 1. The van der Waals surface area contributed by atoms with Crippen LogP contribution in [0, 0.1) is 5.92 Å². The molecule has 1 amide bonds. The Kier molecular flexibility index (Phi) is 5.90. The van der Waals surface area contributed by atoms with E-state index in [0.717, 1.165) is 41.2 Å². The average molecular weight is 380 g/mol. The third kappa shape index (κ3) is 3.56. The Morgan fingerprint density at radius 1 is 1.35 bits per heavy atom. The highest BCUT2D eigenvalue weighted by Crippen LogP contribution is 2.27. The molecule has 0 aliphatic carbocycles. The Hall–Kier alpha value is -0.100. The lowest BCUT2D eigenvalue weighted by Crippen LogP contribution is -2.43. The van der Waals surface area contributed by atoms with Crippen LogP contribution >= 0.6 is 39.7 Å². The van der Waals surface area contributed by atoms with Crippen LogP contribution in [-0.2, 0) is 0 Å². The summed E-state index contributed by atoms with van der Waals surface area (Å²) in [6.07, 6.45) is 4.92. The summed E-state index contributed by atoms with van der Waals surface area (Å²) in [6.45, 7) is 3.00. The molecule has 20 heavy (non-hydrogen) atoms. The van der Waals surface area contributed by atoms with Crippen molar-refractivity contribution in [2.24, 2.45) is 5.92 Å². The van der Waals surface area contributed by atoms with Crippen LogP contribution in [0.1, 0.15) is 36.0 Å². The second-order valence-electron chi connectivity index (χ2n) is 5.47. The minimum Gasteiger partial charge on any atom is -0.339 e. The zero-order chi connectivity index (χ0) is 13.2. The molecule has 0 spiro atoms. The summed E-state index contributed by atoms with van der Waals surface area (Å²) < 4.78 is 1.03. The molecule has 1 aromatic heterocycles. The van der Waals surface area contributed by atoms with Crippen LogP contribution in [0.2, 0.25) is 0 Å². The van der Waals surface area contributed by atoms with Crippen molar-refractivity contribution < 1.29 is 4.79 Å². The van der Waals surface area contributed by atoms with Gasteiger partial charge in [-0.15, -0.1) is 23.7 Å². The van der Waals surface area contributed by atoms with E-state index in [0.29, 0.717) is 6.04 Å². The zero-order valence-electron chi connectivity index (χ0n) is 11.3. The van der Waals surface area contributed by atoms with Gasteiger partial charge in [-0.05, 0) is 60.1 Å². The molecule has 1 aromatic rings. The first-order chi connectivity index (χ1) is 9.24. The van der Waals surface area contributed by atoms with E-state index in [2.05, 4.69) is 21.2 Å². The molecular weight excluding hydrogens is 360 g/mol. The van der Waals surface area contributed by atoms with Gasteiger partial charge in [-0.2, -0.15) is 0 Å². The quantitative estimate of drug-likeness (QED) is 0.852. The van der Waals surface area contributed by atoms with E-state index in [-0.39, 0.29) is 18.3 Å². The number of likely N-dealkylation sites (tertiary alicyclic amines) is 1. The maximum atomic E-state index is 12.3. The van der Waals surface area contributed by atoms with Crippen LogP contribution in [0.5, 0.6) is 0 Å². The van der Waals surface area contributed by atoms with Gasteiger partial charge in [0.25, 0.3) is 5.91 Å². The molecule has 2 fully saturated rings. The molecule has 1 unspecified atom stereocenters. The Labute approximate surface area is 138 Å². The minimum absolute atomic E-state index is 0. The summed E-state index contributed by atoms with van der Waals surface area (Å²) in [5.41, 5.74) is 0.828. The molecule has 3 heterocycles. The van der Waals surface area contributed by atoms with Crippen molar-refractivity contribution in [1.29, 1.82) is 0 Å². The molecule has 2 aliphatic rings. The van der Waals surface area contributed by atoms with Crippen molar-refractivity contribution in [3.63, 3.8) is 0 Å². The number of piperidine rings is 1. The Balaban J connectivity index is 0.00000147. The highest BCUT2D eigenvalue weighted by molar-refractivity contribution is 9.11. The van der Waals surface area contributed by atoms with E-state index in [1.165, 1.54) is 19.4 Å². The van der Waals surface area contributed by atoms with Gasteiger partial charge in [-0.25, -0.2) is 0 Å². The van der Waals surface area contributed by atoms with Crippen LogP contribution in [-0.4, -0.2) is 36.5 Å². The van der Waals surface area contributed by atoms with Crippen LogP contribution < -0.4 is 5.32 Å². The fourth-order valence-corrected chi connectivity index (χ4v) is 4.35. The number of thiophene rings is 1. The molecule has 0 aromatic carbocycles. The first kappa shape index (κ1) is 16.3. The van der Waals surface area contributed by atoms with Gasteiger partial charge in [0.2, 0.25) is 0 Å². The van der Waals surface area contributed by atoms with Crippen molar-refractivity contribution in [2.75, 3.05) is 19.6 Å². The highest BCUT2D eigenvalue weighted by Gasteiger charge is 2.30. The van der Waals surface area contributed by atoms with E-state index in [9.17, 15) is 4.79 Å². The normalized spacial score (nSPS) is 23.6. The van der Waals surface area contributed by atoms with Gasteiger partial charge in [0, 0.05) is 24.5 Å². The summed E-state index contributed by atoms with van der Waals surface area (Å²) in [4.78, 5) is 14.4. The van der Waals surface area contributed by atoms with Crippen molar-refractivity contribution in [2.45, 2.75) is 31.7 Å². The smallest absolute Gasteiger partial charge is 0.254 e. The topological polar surface area (TPSA) is 32.3 Å². The lowest BCUT2D eigenvalue weighted by molar-refractivity contribution is 0.0675. The van der Waals surface area contributed by atoms with E-state index in [1.807, 2.05) is 16.3 Å². The second kappa shape index (κ2) is 7.25. The molecule has 0 radical (unpaired) electrons. The molecule has 2 aliphatic heterocycles. The number of halogens is 2. The lowest BCUT2D eigenvalue weighted by Gasteiger charge is -2.34. The van der Waals surface area contributed by atoms with Crippen molar-refractivity contribution >= 4 is 45.6 Å². The van der Waals surface area contributed by atoms with Gasteiger partial charge >= 0.3 is 0 Å². The monoisotopic (exact) mass is 378 g/mol. The molecule has 3 nitrogen and oxygen atoms in total. The van der Waals surface area contributed by atoms with E-state index >= 15 is 0 Å². The summed E-state index contributed by atoms with van der Waals surface area (Å²) in [7, 11) is 0. The molecule has 0 saturated carbocycles. The molecule has 3 rings (SSSR count). The number of amides is 1. The first-order valence-corrected chi connectivity index (χ1v) is 8.68. The number of rotatable bonds is 2. The molecular formula is C14H20BrClN2OS. The number of nitrogens with one attached hydrogen (secondary N) is 1. The Bertz CT molecular complexity index is 454. The van der Waals surface area contributed by atoms with E-state index in [4.69, 9.17) is 0 Å². The van der Waals surface area contributed by atoms with E-state index in [1.54, 1.807) is 11.3 Å². The maximum Gasteiger partial charge on any atom is 0.254 e. The Morgan fingerprint density at radius 3 is 2.65 bits per heavy atom. The number of nitrogens with zero attached hydrogens (tertiary/aromatic N) is 1. The van der Waals surface area contributed by atoms with E-state index < -0.39 is 0 Å². The predicted molar refractivity (Wildman–Crippen MR) is 88.9 cm³/mol. The predicted octanol–water partition coefficient (Wildman–Crippen LogP) is 3.54. The SMILES string of the molecule is Cl.O=C(c1csc(Br)c1)N1CCC(C2CCCN2)CC1. The maximum absolute atomic E-state index is 12.3. The van der Waals surface area contributed by atoms with Crippen LogP contribution in [0.4, 0.5) is 0 Å². The minimum atomic E-state index is 0. The molecule has 1 N–H and O–H groups in total. The summed E-state index contributed by atoms with van der Waals surface area (Å²) in [5, 5.41) is 5.54. The second-order valence-corrected chi connectivity index (χ2v) is 7.76. The van der Waals surface area contributed by atoms with Crippen LogP contribution in [0.15, 0.2) is 15.2 Å². The van der Waals surface area contributed by atoms with Gasteiger partial charge in [0.1, 0.15) is 0 Å². The van der Waals surface area contributed by atoms with Gasteiger partial charge in [-0.3, -0.25) is 4.79 Å². The average Bonchev–Trinajstić information content (AvgIpc) is 3.09. The third-order valence-corrected chi connectivity index (χ3v) is 5.81. The van der Waals surface area contributed by atoms with Gasteiger partial charge < -0.3 is 10.2 Å². The van der Waals surface area contributed by atoms with Crippen molar-refractivity contribution in [3.05, 3.63) is 20.8 Å². The van der Waals surface area contributed by atoms with Crippen molar-refractivity contribution in [1.82, 2.24) is 10.2 Å². The molecule has 0 bridgehead atoms. The summed E-state index contributed by atoms with van der Waals surface area (Å²) >= 11 is 5.00. The summed E-state index contributed by atoms with van der Waals surface area (Å²) in [5.74, 6) is 0.959. The van der Waals surface area contributed by atoms with Gasteiger partial charge in [0.05, 0.1) is 9.35 Å². The molecule has 1 atom stereocenters. The summed E-state index contributed by atoms with van der Waals surface area (Å²) in [6, 6.07) is 2.63. The fourth-order valence-electron chi connectivity index (χ4n) is 3.22. The number of hydrogen-bond acceptors (Lipinski definition) is 3. The number of carbonyl (C=O) groups is 1. The zero-order valence-corrected chi connectivity index (χ0v) is 14.5. The Morgan fingerprint density at radius 2 is 2.10 bits per heavy atom. The van der Waals surface area contributed by atoms with Crippen LogP contribution in [0.3, 0.4) is 0 Å². The molecule has 2 saturated heterocycles. The van der Waals surface area contributed by atoms with Crippen molar-refractivity contribution in [3.8, 4) is 0 Å². The largest absolute Gasteiger partial charge is 0.339 e. The standard InChI is InChI=1S/C14H19BrN2OS.ClH/c15-13-8-11(9-19-13)14(18)17-6-3-10(4-7-17)12-2-1-5-16-12;/h8-10,12,16H,1-7H2;1H. The van der Waals surface area contributed by atoms with Crippen LogP contribution in [0.25, 0.3) is 0 Å². The molecule has 6 heteroatoms. The molecule has 112 valence electrons.